The number of carbonyl (C=O) groups is 1. The quantitative estimate of drug-likeness (QED) is 0.438. The summed E-state index contributed by atoms with van der Waals surface area (Å²) in [6, 6.07) is 10.6. The van der Waals surface area contributed by atoms with Gasteiger partial charge in [-0.15, -0.1) is 12.4 Å². The maximum Gasteiger partial charge on any atom is 0.219 e. The zero-order valence-corrected chi connectivity index (χ0v) is 19.8. The van der Waals surface area contributed by atoms with Crippen LogP contribution < -0.4 is 25.8 Å². The van der Waals surface area contributed by atoms with Crippen LogP contribution in [-0.4, -0.2) is 42.2 Å². The van der Waals surface area contributed by atoms with Crippen LogP contribution in [0.3, 0.4) is 0 Å². The van der Waals surface area contributed by atoms with E-state index in [2.05, 4.69) is 20.6 Å². The van der Waals surface area contributed by atoms with E-state index < -0.39 is 11.9 Å². The number of halogens is 2. The lowest BCUT2D eigenvalue weighted by molar-refractivity contribution is -0.118. The lowest BCUT2D eigenvalue weighted by Crippen LogP contribution is -2.34. The van der Waals surface area contributed by atoms with Crippen LogP contribution in [0.4, 0.5) is 5.82 Å². The number of benzene rings is 2. The highest BCUT2D eigenvalue weighted by molar-refractivity contribution is 6.30. The minimum absolute atomic E-state index is 0. The van der Waals surface area contributed by atoms with E-state index in [-0.39, 0.29) is 24.9 Å². The molecular formula is C23H27Cl2N5O3. The van der Waals surface area contributed by atoms with E-state index in [0.29, 0.717) is 27.9 Å². The maximum atomic E-state index is 11.8. The number of carbonyl (C=O) groups excluding carboxylic acids is 1. The Hall–Kier alpha value is -2.81. The lowest BCUT2D eigenvalue weighted by Gasteiger charge is -2.25. The van der Waals surface area contributed by atoms with Crippen LogP contribution in [0, 0.1) is 0 Å². The van der Waals surface area contributed by atoms with E-state index in [0.717, 1.165) is 36.9 Å². The molecule has 1 aromatic heterocycles. The van der Waals surface area contributed by atoms with E-state index in [1.807, 2.05) is 24.3 Å². The zero-order chi connectivity index (χ0) is 22.5. The monoisotopic (exact) mass is 491 g/mol. The molecule has 1 amide bonds. The number of fused-ring (bicyclic) bond motifs is 1. The summed E-state index contributed by atoms with van der Waals surface area (Å²) in [5.74, 6) is 1.39. The number of hydrogen-bond donors (Lipinski definition) is 3. The van der Waals surface area contributed by atoms with Crippen molar-refractivity contribution in [1.82, 2.24) is 15.3 Å². The molecule has 4 N–H and O–H groups in total. The second-order valence-corrected chi connectivity index (χ2v) is 8.17. The van der Waals surface area contributed by atoms with Gasteiger partial charge in [0.1, 0.15) is 18.2 Å². The average Bonchev–Trinajstić information content (AvgIpc) is 2.79. The number of primary amides is 1. The molecule has 0 aliphatic carbocycles. The van der Waals surface area contributed by atoms with Gasteiger partial charge < -0.3 is 25.8 Å². The number of anilines is 1. The first-order chi connectivity index (χ1) is 15.5. The van der Waals surface area contributed by atoms with Gasteiger partial charge in [0, 0.05) is 16.5 Å². The van der Waals surface area contributed by atoms with E-state index in [1.54, 1.807) is 19.2 Å². The highest BCUT2D eigenvalue weighted by Gasteiger charge is 2.20. The molecule has 0 spiro atoms. The summed E-state index contributed by atoms with van der Waals surface area (Å²) in [6.45, 7) is 1.84. The summed E-state index contributed by atoms with van der Waals surface area (Å²) < 4.78 is 11.8. The number of hydrogen-bond acceptors (Lipinski definition) is 7. The van der Waals surface area contributed by atoms with Gasteiger partial charge in [-0.05, 0) is 49.7 Å². The third kappa shape index (κ3) is 6.16. The van der Waals surface area contributed by atoms with Crippen LogP contribution in [0.2, 0.25) is 5.02 Å². The first-order valence-electron chi connectivity index (χ1n) is 10.5. The predicted octanol–water partition coefficient (Wildman–Crippen LogP) is 3.87. The van der Waals surface area contributed by atoms with Crippen LogP contribution in [0.1, 0.15) is 30.9 Å². The van der Waals surface area contributed by atoms with Crippen LogP contribution in [0.15, 0.2) is 42.7 Å². The van der Waals surface area contributed by atoms with E-state index in [4.69, 9.17) is 26.8 Å². The van der Waals surface area contributed by atoms with Gasteiger partial charge >= 0.3 is 0 Å². The largest absolute Gasteiger partial charge is 0.493 e. The van der Waals surface area contributed by atoms with Crippen LogP contribution >= 0.6 is 24.0 Å². The minimum atomic E-state index is -0.433. The molecule has 0 saturated carbocycles. The summed E-state index contributed by atoms with van der Waals surface area (Å²) in [6.07, 6.45) is 3.51. The Morgan fingerprint density at radius 1 is 1.24 bits per heavy atom. The van der Waals surface area contributed by atoms with E-state index in [1.165, 1.54) is 6.33 Å². The number of amides is 1. The summed E-state index contributed by atoms with van der Waals surface area (Å²) in [5.41, 5.74) is 7.05. The number of ether oxygens (including phenoxy) is 2. The molecule has 1 atom stereocenters. The number of rotatable bonds is 8. The molecule has 1 fully saturated rings. The maximum absolute atomic E-state index is 11.8. The van der Waals surface area contributed by atoms with Crippen molar-refractivity contribution in [3.05, 3.63) is 53.3 Å². The highest BCUT2D eigenvalue weighted by atomic mass is 35.5. The molecule has 1 aliphatic rings. The van der Waals surface area contributed by atoms with E-state index >= 15 is 0 Å². The molecular weight excluding hydrogens is 465 g/mol. The number of nitrogens with one attached hydrogen (secondary N) is 2. The highest BCUT2D eigenvalue weighted by Crippen LogP contribution is 2.36. The van der Waals surface area contributed by atoms with Gasteiger partial charge in [0.05, 0.1) is 25.1 Å². The van der Waals surface area contributed by atoms with Crippen LogP contribution in [0.5, 0.6) is 11.5 Å². The van der Waals surface area contributed by atoms with Crippen molar-refractivity contribution in [2.45, 2.75) is 31.4 Å². The Bertz CT molecular complexity index is 1110. The van der Waals surface area contributed by atoms with Crippen molar-refractivity contribution in [3.8, 4) is 11.5 Å². The Balaban J connectivity index is 0.00000306. The van der Waals surface area contributed by atoms with Gasteiger partial charge in [-0.1, -0.05) is 23.7 Å². The van der Waals surface area contributed by atoms with Gasteiger partial charge in [-0.3, -0.25) is 4.79 Å². The number of nitrogens with two attached hydrogens (primary N) is 1. The second-order valence-electron chi connectivity index (χ2n) is 7.73. The Labute approximate surface area is 203 Å². The smallest absolute Gasteiger partial charge is 0.219 e. The fourth-order valence-electron chi connectivity index (χ4n) is 3.87. The molecule has 1 aliphatic heterocycles. The van der Waals surface area contributed by atoms with Gasteiger partial charge in [0.15, 0.2) is 11.5 Å². The van der Waals surface area contributed by atoms with Crippen molar-refractivity contribution in [3.63, 3.8) is 0 Å². The summed E-state index contributed by atoms with van der Waals surface area (Å²) in [4.78, 5) is 20.6. The van der Waals surface area contributed by atoms with E-state index in [9.17, 15) is 4.79 Å². The molecule has 10 heteroatoms. The topological polar surface area (TPSA) is 111 Å². The van der Waals surface area contributed by atoms with Crippen molar-refractivity contribution in [1.29, 1.82) is 0 Å². The molecule has 4 rings (SSSR count). The van der Waals surface area contributed by atoms with Crippen LogP contribution in [-0.2, 0) is 4.79 Å². The van der Waals surface area contributed by atoms with Crippen LogP contribution in [0.25, 0.3) is 10.9 Å². The number of methoxy groups -OCH3 is 1. The molecule has 0 bridgehead atoms. The normalized spacial score (nSPS) is 14.8. The number of nitrogens with zero attached hydrogens (tertiary/aromatic N) is 2. The number of piperidine rings is 1. The van der Waals surface area contributed by atoms with Gasteiger partial charge in [-0.25, -0.2) is 9.97 Å². The van der Waals surface area contributed by atoms with Gasteiger partial charge in [-0.2, -0.15) is 0 Å². The standard InChI is InChI=1S/C23H26ClN5O3.ClH/c1-31-20-11-19-17(10-21(20)32-16-5-7-26-8-6-16)23(28-13-27-19)29-18(12-22(25)30)14-3-2-4-15(24)9-14;/h2-4,9-11,13,16,18,26H,5-8,12H2,1H3,(H2,25,30)(H,27,28,29);1H. The predicted molar refractivity (Wildman–Crippen MR) is 131 cm³/mol. The SMILES string of the molecule is COc1cc2ncnc(NC(CC(N)=O)c3cccc(Cl)c3)c2cc1OC1CCNCC1.Cl. The third-order valence-electron chi connectivity index (χ3n) is 5.47. The Morgan fingerprint density at radius 2 is 2.03 bits per heavy atom. The lowest BCUT2D eigenvalue weighted by atomic mass is 10.0. The molecule has 33 heavy (non-hydrogen) atoms. The third-order valence-corrected chi connectivity index (χ3v) is 5.70. The van der Waals surface area contributed by atoms with Crippen molar-refractivity contribution < 1.29 is 14.3 Å². The molecule has 176 valence electrons. The molecule has 1 unspecified atom stereocenters. The molecule has 1 saturated heterocycles. The molecule has 2 heterocycles. The van der Waals surface area contributed by atoms with Gasteiger partial charge in [0.2, 0.25) is 5.91 Å². The molecule has 3 aromatic rings. The summed E-state index contributed by atoms with van der Waals surface area (Å²) in [7, 11) is 1.61. The fourth-order valence-corrected chi connectivity index (χ4v) is 4.06. The van der Waals surface area contributed by atoms with Gasteiger partial charge in [0.25, 0.3) is 0 Å². The van der Waals surface area contributed by atoms with Crippen molar-refractivity contribution in [2.24, 2.45) is 5.73 Å². The van der Waals surface area contributed by atoms with Crippen molar-refractivity contribution in [2.75, 3.05) is 25.5 Å². The fraction of sp³-hybridized carbons (Fsp3) is 0.348. The summed E-state index contributed by atoms with van der Waals surface area (Å²) >= 11 is 6.17. The van der Waals surface area contributed by atoms with Crippen molar-refractivity contribution >= 4 is 46.6 Å². The summed E-state index contributed by atoms with van der Waals surface area (Å²) in [5, 5.41) is 8.02. The average molecular weight is 492 g/mol. The first-order valence-corrected chi connectivity index (χ1v) is 10.9. The zero-order valence-electron chi connectivity index (χ0n) is 18.2. The Morgan fingerprint density at radius 3 is 2.73 bits per heavy atom. The first kappa shape index (κ1) is 24.8. The molecule has 2 aromatic carbocycles. The molecule has 0 radical (unpaired) electrons. The second kappa shape index (κ2) is 11.4. The number of aromatic nitrogens is 2. The Kier molecular flexibility index (Phi) is 8.55. The molecule has 8 nitrogen and oxygen atoms in total. The minimum Gasteiger partial charge on any atom is -0.493 e.